The minimum absolute atomic E-state index is 0.0635. The van der Waals surface area contributed by atoms with E-state index in [1.54, 1.807) is 4.90 Å². The number of morpholine rings is 1. The highest BCUT2D eigenvalue weighted by molar-refractivity contribution is 5.67. The van der Waals surface area contributed by atoms with Crippen LogP contribution in [0.5, 0.6) is 0 Å². The highest BCUT2D eigenvalue weighted by atomic mass is 16.6. The van der Waals surface area contributed by atoms with Crippen molar-refractivity contribution in [2.45, 2.75) is 44.4 Å². The van der Waals surface area contributed by atoms with Crippen molar-refractivity contribution >= 4 is 6.09 Å². The largest absolute Gasteiger partial charge is 0.445 e. The zero-order valence-corrected chi connectivity index (χ0v) is 13.6. The van der Waals surface area contributed by atoms with Crippen molar-refractivity contribution in [3.05, 3.63) is 35.9 Å². The molecule has 5 heteroatoms. The first-order valence-corrected chi connectivity index (χ1v) is 8.62. The molecule has 5 nitrogen and oxygen atoms in total. The molecule has 1 N–H and O–H groups in total. The van der Waals surface area contributed by atoms with Gasteiger partial charge in [0.25, 0.3) is 0 Å². The van der Waals surface area contributed by atoms with E-state index in [9.17, 15) is 4.79 Å². The Hall–Kier alpha value is -1.59. The van der Waals surface area contributed by atoms with E-state index in [2.05, 4.69) is 5.32 Å². The Morgan fingerprint density at radius 2 is 2.04 bits per heavy atom. The maximum absolute atomic E-state index is 12.2. The quantitative estimate of drug-likeness (QED) is 0.906. The summed E-state index contributed by atoms with van der Waals surface area (Å²) in [6, 6.07) is 10.4. The normalized spacial score (nSPS) is 22.3. The Labute approximate surface area is 137 Å². The molecule has 1 heterocycles. The Morgan fingerprint density at radius 1 is 1.26 bits per heavy atom. The van der Waals surface area contributed by atoms with Crippen LogP contribution < -0.4 is 5.32 Å². The van der Waals surface area contributed by atoms with E-state index in [4.69, 9.17) is 9.47 Å². The van der Waals surface area contributed by atoms with Gasteiger partial charge < -0.3 is 19.7 Å². The molecular weight excluding hydrogens is 292 g/mol. The minimum Gasteiger partial charge on any atom is -0.445 e. The van der Waals surface area contributed by atoms with Crippen LogP contribution in [0.1, 0.15) is 31.2 Å². The van der Waals surface area contributed by atoms with Gasteiger partial charge >= 0.3 is 6.09 Å². The molecule has 0 spiro atoms. The average Bonchev–Trinajstić information content (AvgIpc) is 3.12. The fraction of sp³-hybridized carbons (Fsp3) is 0.611. The van der Waals surface area contributed by atoms with Gasteiger partial charge in [0.1, 0.15) is 6.61 Å². The van der Waals surface area contributed by atoms with E-state index in [-0.39, 0.29) is 12.2 Å². The molecule has 2 fully saturated rings. The van der Waals surface area contributed by atoms with E-state index in [0.29, 0.717) is 32.3 Å². The van der Waals surface area contributed by atoms with E-state index < -0.39 is 0 Å². The lowest BCUT2D eigenvalue weighted by atomic mass is 10.2. The Morgan fingerprint density at radius 3 is 2.83 bits per heavy atom. The van der Waals surface area contributed by atoms with Gasteiger partial charge in [-0.05, 0) is 18.4 Å². The van der Waals surface area contributed by atoms with Gasteiger partial charge in [-0.15, -0.1) is 0 Å². The molecule has 1 amide bonds. The lowest BCUT2D eigenvalue weighted by Gasteiger charge is -2.33. The van der Waals surface area contributed by atoms with E-state index in [1.807, 2.05) is 30.3 Å². The maximum Gasteiger partial charge on any atom is 0.410 e. The molecule has 0 aromatic heterocycles. The number of amides is 1. The number of carbonyl (C=O) groups is 1. The van der Waals surface area contributed by atoms with Crippen molar-refractivity contribution in [2.24, 2.45) is 0 Å². The molecule has 1 aliphatic carbocycles. The molecule has 1 saturated carbocycles. The summed E-state index contributed by atoms with van der Waals surface area (Å²) in [5.41, 5.74) is 1.01. The number of ether oxygens (including phenoxy) is 2. The lowest BCUT2D eigenvalue weighted by molar-refractivity contribution is -0.0279. The van der Waals surface area contributed by atoms with E-state index in [0.717, 1.165) is 12.1 Å². The van der Waals surface area contributed by atoms with Crippen LogP contribution in [-0.4, -0.2) is 49.4 Å². The monoisotopic (exact) mass is 318 g/mol. The summed E-state index contributed by atoms with van der Waals surface area (Å²) in [5, 5.41) is 3.56. The van der Waals surface area contributed by atoms with Crippen molar-refractivity contribution in [1.29, 1.82) is 0 Å². The van der Waals surface area contributed by atoms with Crippen LogP contribution in [-0.2, 0) is 16.1 Å². The van der Waals surface area contributed by atoms with Gasteiger partial charge in [-0.3, -0.25) is 0 Å². The third-order valence-corrected chi connectivity index (χ3v) is 4.59. The number of carbonyl (C=O) groups excluding carboxylic acids is 1. The first-order chi connectivity index (χ1) is 11.3. The molecule has 23 heavy (non-hydrogen) atoms. The highest BCUT2D eigenvalue weighted by Crippen LogP contribution is 2.18. The Kier molecular flexibility index (Phi) is 5.88. The van der Waals surface area contributed by atoms with Crippen molar-refractivity contribution in [3.63, 3.8) is 0 Å². The van der Waals surface area contributed by atoms with Gasteiger partial charge in [0.2, 0.25) is 0 Å². The van der Waals surface area contributed by atoms with Gasteiger partial charge in [-0.25, -0.2) is 4.79 Å². The van der Waals surface area contributed by atoms with Crippen LogP contribution >= 0.6 is 0 Å². The van der Waals surface area contributed by atoms with Gasteiger partial charge in [0, 0.05) is 19.1 Å². The number of hydrogen-bond donors (Lipinski definition) is 1. The number of nitrogens with zero attached hydrogens (tertiary/aromatic N) is 1. The second-order valence-electron chi connectivity index (χ2n) is 6.37. The molecule has 1 atom stereocenters. The van der Waals surface area contributed by atoms with Crippen LogP contribution in [0.25, 0.3) is 0 Å². The summed E-state index contributed by atoms with van der Waals surface area (Å²) >= 11 is 0. The van der Waals surface area contributed by atoms with Gasteiger partial charge in [0.15, 0.2) is 0 Å². The zero-order chi connectivity index (χ0) is 15.9. The van der Waals surface area contributed by atoms with Crippen LogP contribution in [0, 0.1) is 0 Å². The topological polar surface area (TPSA) is 50.8 Å². The standard InChI is InChI=1S/C18H26N2O3/c21-18(23-14-15-6-2-1-3-7-15)20-10-11-22-17(13-20)12-19-16-8-4-5-9-16/h1-3,6-7,16-17,19H,4-5,8-14H2. The van der Waals surface area contributed by atoms with E-state index >= 15 is 0 Å². The second-order valence-corrected chi connectivity index (χ2v) is 6.37. The molecule has 126 valence electrons. The van der Waals surface area contributed by atoms with Crippen molar-refractivity contribution in [2.75, 3.05) is 26.2 Å². The molecule has 1 unspecified atom stereocenters. The third-order valence-electron chi connectivity index (χ3n) is 4.59. The number of rotatable bonds is 5. The second kappa shape index (κ2) is 8.31. The molecule has 1 saturated heterocycles. The summed E-state index contributed by atoms with van der Waals surface area (Å²) in [6.45, 7) is 2.92. The number of hydrogen-bond acceptors (Lipinski definition) is 4. The number of benzene rings is 1. The van der Waals surface area contributed by atoms with Gasteiger partial charge in [0.05, 0.1) is 19.3 Å². The predicted octanol–water partition coefficient (Wildman–Crippen LogP) is 2.56. The highest BCUT2D eigenvalue weighted by Gasteiger charge is 2.26. The summed E-state index contributed by atoms with van der Waals surface area (Å²) < 4.78 is 11.2. The first-order valence-electron chi connectivity index (χ1n) is 8.62. The first kappa shape index (κ1) is 16.3. The summed E-state index contributed by atoms with van der Waals surface area (Å²) in [7, 11) is 0. The number of nitrogens with one attached hydrogen (secondary N) is 1. The third kappa shape index (κ3) is 4.94. The fourth-order valence-corrected chi connectivity index (χ4v) is 3.25. The zero-order valence-electron chi connectivity index (χ0n) is 13.6. The molecule has 3 rings (SSSR count). The lowest BCUT2D eigenvalue weighted by Crippen LogP contribution is -2.50. The van der Waals surface area contributed by atoms with Crippen molar-refractivity contribution in [3.8, 4) is 0 Å². The average molecular weight is 318 g/mol. The summed E-state index contributed by atoms with van der Waals surface area (Å²) in [5.74, 6) is 0. The summed E-state index contributed by atoms with van der Waals surface area (Å²) in [6.07, 6.45) is 4.98. The fourth-order valence-electron chi connectivity index (χ4n) is 3.25. The maximum atomic E-state index is 12.2. The van der Waals surface area contributed by atoms with Gasteiger partial charge in [-0.1, -0.05) is 43.2 Å². The molecule has 0 bridgehead atoms. The van der Waals surface area contributed by atoms with Crippen LogP contribution in [0.4, 0.5) is 4.79 Å². The van der Waals surface area contributed by atoms with Crippen LogP contribution in [0.2, 0.25) is 0 Å². The minimum atomic E-state index is -0.247. The van der Waals surface area contributed by atoms with Crippen molar-refractivity contribution in [1.82, 2.24) is 10.2 Å². The SMILES string of the molecule is O=C(OCc1ccccc1)N1CCOC(CNC2CCCC2)C1. The van der Waals surface area contributed by atoms with Crippen LogP contribution in [0.3, 0.4) is 0 Å². The summed E-state index contributed by atoms with van der Waals surface area (Å²) in [4.78, 5) is 14.0. The molecule has 0 radical (unpaired) electrons. The van der Waals surface area contributed by atoms with Gasteiger partial charge in [-0.2, -0.15) is 0 Å². The Balaban J connectivity index is 1.41. The predicted molar refractivity (Wildman–Crippen MR) is 88.2 cm³/mol. The Bertz CT molecular complexity index is 488. The smallest absolute Gasteiger partial charge is 0.410 e. The molecule has 1 aromatic rings. The van der Waals surface area contributed by atoms with Crippen molar-refractivity contribution < 1.29 is 14.3 Å². The molecular formula is C18H26N2O3. The molecule has 1 aromatic carbocycles. The molecule has 2 aliphatic rings. The van der Waals surface area contributed by atoms with Crippen LogP contribution in [0.15, 0.2) is 30.3 Å². The molecule has 1 aliphatic heterocycles. The van der Waals surface area contributed by atoms with E-state index in [1.165, 1.54) is 25.7 Å².